The molecule has 122 valence electrons. The lowest BCUT2D eigenvalue weighted by Gasteiger charge is -2.18. The second-order valence-corrected chi connectivity index (χ2v) is 7.26. The first-order chi connectivity index (χ1) is 11.0. The zero-order valence-corrected chi connectivity index (χ0v) is 13.4. The number of rotatable bonds is 5. The van der Waals surface area contributed by atoms with Crippen LogP contribution >= 0.6 is 0 Å². The molecule has 0 spiro atoms. The quantitative estimate of drug-likeness (QED) is 0.914. The predicted molar refractivity (Wildman–Crippen MR) is 85.6 cm³/mol. The van der Waals surface area contributed by atoms with Crippen LogP contribution in [0.2, 0.25) is 0 Å². The van der Waals surface area contributed by atoms with E-state index in [9.17, 15) is 12.8 Å². The minimum absolute atomic E-state index is 0.0674. The van der Waals surface area contributed by atoms with Crippen LogP contribution in [0, 0.1) is 5.82 Å². The van der Waals surface area contributed by atoms with E-state index in [4.69, 9.17) is 4.74 Å². The summed E-state index contributed by atoms with van der Waals surface area (Å²) in [7, 11) is -3.61. The van der Waals surface area contributed by atoms with Crippen LogP contribution in [-0.4, -0.2) is 21.6 Å². The molecule has 0 radical (unpaired) electrons. The monoisotopic (exact) mass is 335 g/mol. The molecule has 1 heterocycles. The second-order valence-electron chi connectivity index (χ2n) is 5.50. The Hall–Kier alpha value is -1.92. The van der Waals surface area contributed by atoms with Crippen LogP contribution in [0.5, 0.6) is 5.75 Å². The van der Waals surface area contributed by atoms with Gasteiger partial charge in [-0.15, -0.1) is 0 Å². The van der Waals surface area contributed by atoms with Crippen LogP contribution in [0.25, 0.3) is 0 Å². The normalized spacial score (nSPS) is 14.1. The van der Waals surface area contributed by atoms with Crippen LogP contribution in [0.1, 0.15) is 17.5 Å². The molecule has 0 saturated carbocycles. The summed E-state index contributed by atoms with van der Waals surface area (Å²) >= 11 is 0. The summed E-state index contributed by atoms with van der Waals surface area (Å²) in [6.07, 6.45) is 2.59. The third-order valence-electron chi connectivity index (χ3n) is 3.80. The van der Waals surface area contributed by atoms with E-state index in [-0.39, 0.29) is 4.90 Å². The van der Waals surface area contributed by atoms with Gasteiger partial charge in [0.25, 0.3) is 0 Å². The molecular weight excluding hydrogens is 317 g/mol. The van der Waals surface area contributed by atoms with E-state index in [1.807, 2.05) is 12.1 Å². The second kappa shape index (κ2) is 6.68. The Labute approximate surface area is 135 Å². The molecule has 0 fully saturated rings. The summed E-state index contributed by atoms with van der Waals surface area (Å²) in [6.45, 7) is 1.04. The highest BCUT2D eigenvalue weighted by atomic mass is 32.2. The summed E-state index contributed by atoms with van der Waals surface area (Å²) in [5.74, 6) is 0.465. The van der Waals surface area contributed by atoms with Gasteiger partial charge in [0, 0.05) is 6.54 Å². The van der Waals surface area contributed by atoms with Gasteiger partial charge in [0.1, 0.15) is 11.6 Å². The highest BCUT2D eigenvalue weighted by molar-refractivity contribution is 7.89. The molecule has 0 bridgehead atoms. The van der Waals surface area contributed by atoms with Crippen LogP contribution in [-0.2, 0) is 22.9 Å². The van der Waals surface area contributed by atoms with E-state index in [0.717, 1.165) is 42.9 Å². The summed E-state index contributed by atoms with van der Waals surface area (Å²) in [5, 5.41) is 0. The average Bonchev–Trinajstić information content (AvgIpc) is 2.55. The number of aryl methyl sites for hydroxylation is 1. The first kappa shape index (κ1) is 16.0. The molecule has 1 aliphatic heterocycles. The molecule has 0 atom stereocenters. The fourth-order valence-electron chi connectivity index (χ4n) is 2.60. The summed E-state index contributed by atoms with van der Waals surface area (Å²) in [4.78, 5) is 0.0674. The van der Waals surface area contributed by atoms with Crippen molar-refractivity contribution in [2.75, 3.05) is 13.2 Å². The maximum Gasteiger partial charge on any atom is 0.240 e. The first-order valence-corrected chi connectivity index (χ1v) is 9.03. The summed E-state index contributed by atoms with van der Waals surface area (Å²) < 4.78 is 45.2. The van der Waals surface area contributed by atoms with Crippen LogP contribution in [0.4, 0.5) is 4.39 Å². The number of hydrogen-bond donors (Lipinski definition) is 1. The maximum absolute atomic E-state index is 12.9. The van der Waals surface area contributed by atoms with Gasteiger partial charge in [0.2, 0.25) is 10.0 Å². The topological polar surface area (TPSA) is 55.4 Å². The molecule has 0 unspecified atom stereocenters. The zero-order valence-electron chi connectivity index (χ0n) is 12.6. The fraction of sp³-hybridized carbons (Fsp3) is 0.294. The highest BCUT2D eigenvalue weighted by Gasteiger charge is 2.14. The minimum atomic E-state index is -3.61. The molecule has 1 aliphatic rings. The van der Waals surface area contributed by atoms with Gasteiger partial charge in [-0.3, -0.25) is 0 Å². The first-order valence-electron chi connectivity index (χ1n) is 7.54. The smallest absolute Gasteiger partial charge is 0.240 e. The number of fused-ring (bicyclic) bond motifs is 1. The number of nitrogens with one attached hydrogen (secondary N) is 1. The maximum atomic E-state index is 12.9. The van der Waals surface area contributed by atoms with Crippen molar-refractivity contribution in [3.05, 3.63) is 59.4 Å². The van der Waals surface area contributed by atoms with Gasteiger partial charge in [-0.05, 0) is 60.7 Å². The van der Waals surface area contributed by atoms with E-state index in [0.29, 0.717) is 13.0 Å². The fourth-order valence-corrected chi connectivity index (χ4v) is 3.63. The Morgan fingerprint density at radius 3 is 2.70 bits per heavy atom. The van der Waals surface area contributed by atoms with E-state index >= 15 is 0 Å². The number of benzene rings is 2. The van der Waals surface area contributed by atoms with Gasteiger partial charge < -0.3 is 4.74 Å². The van der Waals surface area contributed by atoms with E-state index in [1.54, 1.807) is 0 Å². The molecule has 0 amide bonds. The van der Waals surface area contributed by atoms with E-state index in [2.05, 4.69) is 10.8 Å². The number of halogens is 1. The van der Waals surface area contributed by atoms with Crippen molar-refractivity contribution in [1.82, 2.24) is 4.72 Å². The Morgan fingerprint density at radius 1 is 1.13 bits per heavy atom. The van der Waals surface area contributed by atoms with Gasteiger partial charge in [-0.25, -0.2) is 17.5 Å². The van der Waals surface area contributed by atoms with Crippen molar-refractivity contribution < 1.29 is 17.5 Å². The lowest BCUT2D eigenvalue weighted by molar-refractivity contribution is 0.288. The standard InChI is InChI=1S/C17H18FNO3S/c18-15-4-6-16(7-5-15)23(20,21)19-10-9-13-3-8-17-14(12-13)2-1-11-22-17/h3-8,12,19H,1-2,9-11H2. The van der Waals surface area contributed by atoms with Crippen molar-refractivity contribution in [1.29, 1.82) is 0 Å². The molecule has 23 heavy (non-hydrogen) atoms. The summed E-state index contributed by atoms with van der Waals surface area (Å²) in [6, 6.07) is 10.8. The third-order valence-corrected chi connectivity index (χ3v) is 5.28. The van der Waals surface area contributed by atoms with Gasteiger partial charge in [0.15, 0.2) is 0 Å². The largest absolute Gasteiger partial charge is 0.493 e. The minimum Gasteiger partial charge on any atom is -0.493 e. The molecule has 0 aromatic heterocycles. The Morgan fingerprint density at radius 2 is 1.91 bits per heavy atom. The predicted octanol–water partition coefficient (Wildman–Crippen LogP) is 2.67. The Bertz CT molecular complexity index is 788. The Balaban J connectivity index is 1.61. The molecule has 0 saturated heterocycles. The van der Waals surface area contributed by atoms with Crippen LogP contribution in [0.3, 0.4) is 0 Å². The molecule has 6 heteroatoms. The van der Waals surface area contributed by atoms with Gasteiger partial charge in [-0.2, -0.15) is 0 Å². The molecule has 4 nitrogen and oxygen atoms in total. The van der Waals surface area contributed by atoms with Crippen molar-refractivity contribution in [2.45, 2.75) is 24.2 Å². The zero-order chi connectivity index (χ0) is 16.3. The van der Waals surface area contributed by atoms with Gasteiger partial charge in [-0.1, -0.05) is 12.1 Å². The highest BCUT2D eigenvalue weighted by Crippen LogP contribution is 2.25. The lowest BCUT2D eigenvalue weighted by atomic mass is 10.0. The van der Waals surface area contributed by atoms with Crippen molar-refractivity contribution >= 4 is 10.0 Å². The number of sulfonamides is 1. The molecule has 2 aromatic carbocycles. The Kier molecular flexibility index (Phi) is 4.63. The van der Waals surface area contributed by atoms with E-state index in [1.165, 1.54) is 17.7 Å². The van der Waals surface area contributed by atoms with E-state index < -0.39 is 15.8 Å². The summed E-state index contributed by atoms with van der Waals surface area (Å²) in [5.41, 5.74) is 2.24. The molecule has 0 aliphatic carbocycles. The molecular formula is C17H18FNO3S. The van der Waals surface area contributed by atoms with Crippen molar-refractivity contribution in [3.8, 4) is 5.75 Å². The van der Waals surface area contributed by atoms with Crippen LogP contribution < -0.4 is 9.46 Å². The SMILES string of the molecule is O=S(=O)(NCCc1ccc2c(c1)CCCO2)c1ccc(F)cc1. The lowest BCUT2D eigenvalue weighted by Crippen LogP contribution is -2.26. The van der Waals surface area contributed by atoms with Crippen LogP contribution in [0.15, 0.2) is 47.4 Å². The third kappa shape index (κ3) is 3.89. The molecule has 2 aromatic rings. The molecule has 3 rings (SSSR count). The van der Waals surface area contributed by atoms with Gasteiger partial charge in [0.05, 0.1) is 11.5 Å². The van der Waals surface area contributed by atoms with Crippen molar-refractivity contribution in [3.63, 3.8) is 0 Å². The van der Waals surface area contributed by atoms with Gasteiger partial charge >= 0.3 is 0 Å². The average molecular weight is 335 g/mol. The number of hydrogen-bond acceptors (Lipinski definition) is 3. The number of ether oxygens (including phenoxy) is 1. The van der Waals surface area contributed by atoms with Crippen molar-refractivity contribution in [2.24, 2.45) is 0 Å². The molecule has 1 N–H and O–H groups in total.